The fraction of sp³-hybridized carbons (Fsp3) is 0.409. The summed E-state index contributed by atoms with van der Waals surface area (Å²) in [6.45, 7) is 5.02. The van der Waals surface area contributed by atoms with Gasteiger partial charge in [0.05, 0.1) is 11.7 Å². The van der Waals surface area contributed by atoms with Crippen molar-refractivity contribution >= 4 is 6.29 Å². The molecule has 1 fully saturated rings. The predicted molar refractivity (Wildman–Crippen MR) is 103 cm³/mol. The second kappa shape index (κ2) is 8.47. The Morgan fingerprint density at radius 1 is 1.15 bits per heavy atom. The Hall–Kier alpha value is -2.17. The van der Waals surface area contributed by atoms with Crippen LogP contribution in [0.15, 0.2) is 42.5 Å². The van der Waals surface area contributed by atoms with Gasteiger partial charge in [0, 0.05) is 6.54 Å². The Morgan fingerprint density at radius 3 is 2.50 bits per heavy atom. The number of hydrogen-bond acceptors (Lipinski definition) is 4. The molecule has 0 unspecified atom stereocenters. The van der Waals surface area contributed by atoms with Crippen LogP contribution in [-0.4, -0.2) is 41.0 Å². The molecule has 26 heavy (non-hydrogen) atoms. The average Bonchev–Trinajstić information content (AvgIpc) is 2.67. The molecule has 138 valence electrons. The molecule has 2 aromatic carbocycles. The topological polar surface area (TPSA) is 60.8 Å². The van der Waals surface area contributed by atoms with E-state index < -0.39 is 6.10 Å². The third-order valence-corrected chi connectivity index (χ3v) is 5.47. The SMILES string of the molecule is Cc1ccc(CCN2CCC([C@@H](O)c3cccc(O)c3C=O)CC2)cc1. The number of likely N-dealkylation sites (tertiary alicyclic amines) is 1. The number of carbonyl (C=O) groups excluding carboxylic acids is 1. The molecule has 0 aliphatic carbocycles. The smallest absolute Gasteiger partial charge is 0.154 e. The number of rotatable bonds is 6. The summed E-state index contributed by atoms with van der Waals surface area (Å²) in [6.07, 6.45) is 2.74. The van der Waals surface area contributed by atoms with Crippen LogP contribution >= 0.6 is 0 Å². The lowest BCUT2D eigenvalue weighted by atomic mass is 9.85. The molecule has 4 nitrogen and oxygen atoms in total. The summed E-state index contributed by atoms with van der Waals surface area (Å²) in [5.41, 5.74) is 3.39. The standard InChI is InChI=1S/C22H27NO3/c1-16-5-7-17(8-6-16)9-12-23-13-10-18(11-14-23)22(26)19-3-2-4-21(25)20(19)15-24/h2-8,15,18,22,25-26H,9-14H2,1H3/t22-/m1/s1. The summed E-state index contributed by atoms with van der Waals surface area (Å²) in [4.78, 5) is 13.7. The Morgan fingerprint density at radius 2 is 1.85 bits per heavy atom. The predicted octanol–water partition coefficient (Wildman–Crippen LogP) is 3.50. The van der Waals surface area contributed by atoms with Gasteiger partial charge in [-0.1, -0.05) is 42.0 Å². The van der Waals surface area contributed by atoms with Gasteiger partial charge in [0.1, 0.15) is 5.75 Å². The number of aryl methyl sites for hydroxylation is 1. The van der Waals surface area contributed by atoms with Crippen molar-refractivity contribution in [1.29, 1.82) is 0 Å². The van der Waals surface area contributed by atoms with E-state index in [-0.39, 0.29) is 17.2 Å². The van der Waals surface area contributed by atoms with Gasteiger partial charge < -0.3 is 15.1 Å². The number of aliphatic hydroxyl groups excluding tert-OH is 1. The van der Waals surface area contributed by atoms with Gasteiger partial charge in [0.2, 0.25) is 0 Å². The molecule has 0 aromatic heterocycles. The highest BCUT2D eigenvalue weighted by atomic mass is 16.3. The largest absolute Gasteiger partial charge is 0.507 e. The van der Waals surface area contributed by atoms with Crippen molar-refractivity contribution in [1.82, 2.24) is 4.90 Å². The molecule has 3 rings (SSSR count). The minimum Gasteiger partial charge on any atom is -0.507 e. The van der Waals surface area contributed by atoms with E-state index in [1.807, 2.05) is 0 Å². The molecule has 1 heterocycles. The van der Waals surface area contributed by atoms with E-state index in [2.05, 4.69) is 36.1 Å². The minimum atomic E-state index is -0.707. The fourth-order valence-corrected chi connectivity index (χ4v) is 3.74. The van der Waals surface area contributed by atoms with Crippen LogP contribution in [0.1, 0.15) is 46.0 Å². The molecule has 4 heteroatoms. The molecule has 0 amide bonds. The number of aldehydes is 1. The van der Waals surface area contributed by atoms with Crippen LogP contribution < -0.4 is 0 Å². The number of aliphatic hydroxyl groups is 1. The number of benzene rings is 2. The Balaban J connectivity index is 1.54. The van der Waals surface area contributed by atoms with Crippen LogP contribution in [0.5, 0.6) is 5.75 Å². The first-order chi connectivity index (χ1) is 12.6. The van der Waals surface area contributed by atoms with Gasteiger partial charge in [-0.15, -0.1) is 0 Å². The number of aromatic hydroxyl groups is 1. The molecule has 1 saturated heterocycles. The second-order valence-electron chi connectivity index (χ2n) is 7.26. The van der Waals surface area contributed by atoms with Gasteiger partial charge in [-0.25, -0.2) is 0 Å². The maximum absolute atomic E-state index is 11.2. The molecular formula is C22H27NO3. The van der Waals surface area contributed by atoms with E-state index in [0.717, 1.165) is 38.9 Å². The molecule has 0 radical (unpaired) electrons. The van der Waals surface area contributed by atoms with Gasteiger partial charge >= 0.3 is 0 Å². The molecule has 2 aromatic rings. The highest BCUT2D eigenvalue weighted by Crippen LogP contribution is 2.34. The second-order valence-corrected chi connectivity index (χ2v) is 7.26. The van der Waals surface area contributed by atoms with Gasteiger partial charge in [-0.2, -0.15) is 0 Å². The van der Waals surface area contributed by atoms with Crippen molar-refractivity contribution in [3.05, 3.63) is 64.7 Å². The van der Waals surface area contributed by atoms with Crippen LogP contribution in [0.25, 0.3) is 0 Å². The first-order valence-corrected chi connectivity index (χ1v) is 9.31. The van der Waals surface area contributed by atoms with Gasteiger partial charge in [-0.3, -0.25) is 4.79 Å². The zero-order valence-electron chi connectivity index (χ0n) is 15.3. The number of phenolic OH excluding ortho intramolecular Hbond substituents is 1. The Kier molecular flexibility index (Phi) is 6.07. The number of carbonyl (C=O) groups is 1. The summed E-state index contributed by atoms with van der Waals surface area (Å²) in [5.74, 6) is 0.0539. The van der Waals surface area contributed by atoms with E-state index in [9.17, 15) is 15.0 Å². The van der Waals surface area contributed by atoms with Crippen molar-refractivity contribution < 1.29 is 15.0 Å². The lowest BCUT2D eigenvalue weighted by Gasteiger charge is -2.34. The van der Waals surface area contributed by atoms with Crippen molar-refractivity contribution in [2.45, 2.75) is 32.3 Å². The zero-order chi connectivity index (χ0) is 18.5. The molecule has 2 N–H and O–H groups in total. The van der Waals surface area contributed by atoms with Crippen molar-refractivity contribution in [3.63, 3.8) is 0 Å². The summed E-state index contributed by atoms with van der Waals surface area (Å²) >= 11 is 0. The first-order valence-electron chi connectivity index (χ1n) is 9.31. The number of phenols is 1. The van der Waals surface area contributed by atoms with Crippen LogP contribution in [0.3, 0.4) is 0 Å². The van der Waals surface area contributed by atoms with E-state index >= 15 is 0 Å². The number of hydrogen-bond donors (Lipinski definition) is 2. The highest BCUT2D eigenvalue weighted by molar-refractivity contribution is 5.81. The summed E-state index contributed by atoms with van der Waals surface area (Å²) in [6, 6.07) is 13.6. The van der Waals surface area contributed by atoms with Crippen LogP contribution in [0.4, 0.5) is 0 Å². The summed E-state index contributed by atoms with van der Waals surface area (Å²) in [7, 11) is 0. The number of nitrogens with zero attached hydrogens (tertiary/aromatic N) is 1. The Bertz CT molecular complexity index is 734. The van der Waals surface area contributed by atoms with E-state index in [1.54, 1.807) is 12.1 Å². The first kappa shape index (κ1) is 18.6. The molecular weight excluding hydrogens is 326 g/mol. The number of piperidine rings is 1. The molecule has 1 aliphatic rings. The van der Waals surface area contributed by atoms with E-state index in [4.69, 9.17) is 0 Å². The quantitative estimate of drug-likeness (QED) is 0.781. The molecule has 1 atom stereocenters. The van der Waals surface area contributed by atoms with Gasteiger partial charge in [-0.05, 0) is 62.4 Å². The Labute approximate surface area is 155 Å². The van der Waals surface area contributed by atoms with Crippen LogP contribution in [-0.2, 0) is 6.42 Å². The monoisotopic (exact) mass is 353 g/mol. The molecule has 0 bridgehead atoms. The average molecular weight is 353 g/mol. The maximum atomic E-state index is 11.2. The highest BCUT2D eigenvalue weighted by Gasteiger charge is 2.28. The fourth-order valence-electron chi connectivity index (χ4n) is 3.74. The van der Waals surface area contributed by atoms with E-state index in [0.29, 0.717) is 11.8 Å². The third-order valence-electron chi connectivity index (χ3n) is 5.47. The lowest BCUT2D eigenvalue weighted by Crippen LogP contribution is -2.37. The van der Waals surface area contributed by atoms with Gasteiger partial charge in [0.25, 0.3) is 0 Å². The maximum Gasteiger partial charge on any atom is 0.154 e. The lowest BCUT2D eigenvalue weighted by molar-refractivity contribution is 0.0583. The summed E-state index contributed by atoms with van der Waals surface area (Å²) in [5, 5.41) is 20.5. The normalized spacial score (nSPS) is 17.2. The summed E-state index contributed by atoms with van der Waals surface area (Å²) < 4.78 is 0. The third kappa shape index (κ3) is 4.32. The van der Waals surface area contributed by atoms with Crippen molar-refractivity contribution in [2.24, 2.45) is 5.92 Å². The van der Waals surface area contributed by atoms with Crippen LogP contribution in [0.2, 0.25) is 0 Å². The molecule has 0 saturated carbocycles. The van der Waals surface area contributed by atoms with Crippen molar-refractivity contribution in [3.8, 4) is 5.75 Å². The minimum absolute atomic E-state index is 0.0629. The van der Waals surface area contributed by atoms with Crippen LogP contribution in [0, 0.1) is 12.8 Å². The van der Waals surface area contributed by atoms with Gasteiger partial charge in [0.15, 0.2) is 6.29 Å². The zero-order valence-corrected chi connectivity index (χ0v) is 15.3. The molecule has 0 spiro atoms. The van der Waals surface area contributed by atoms with E-state index in [1.165, 1.54) is 17.2 Å². The van der Waals surface area contributed by atoms with Crippen molar-refractivity contribution in [2.75, 3.05) is 19.6 Å². The molecule has 1 aliphatic heterocycles.